The molecule has 186 valence electrons. The molecule has 1 aliphatic rings. The number of ether oxygens (including phenoxy) is 1. The molecule has 36 heavy (non-hydrogen) atoms. The minimum absolute atomic E-state index is 0.0949. The highest BCUT2D eigenvalue weighted by Gasteiger charge is 2.31. The molecule has 0 aromatic heterocycles. The number of carbonyl (C=O) groups excluding carboxylic acids is 3. The number of hydrogen-bond donors (Lipinski definition) is 2. The molecule has 0 spiro atoms. The maximum absolute atomic E-state index is 13.5. The van der Waals surface area contributed by atoms with Crippen molar-refractivity contribution in [2.45, 2.75) is 45.4 Å². The SMILES string of the molecule is CCC(=O)N[C@@H]1CCc2ccccc2N(Cc2ccc(-c3ccccc3COC(=O)NC)cc2)C1=O. The van der Waals surface area contributed by atoms with Crippen LogP contribution in [0.4, 0.5) is 10.5 Å². The monoisotopic (exact) mass is 485 g/mol. The predicted octanol–water partition coefficient (Wildman–Crippen LogP) is 4.58. The van der Waals surface area contributed by atoms with E-state index in [4.69, 9.17) is 4.74 Å². The number of hydrogen-bond acceptors (Lipinski definition) is 4. The number of alkyl carbamates (subject to hydrolysis) is 1. The van der Waals surface area contributed by atoms with Gasteiger partial charge in [-0.1, -0.05) is 73.7 Å². The summed E-state index contributed by atoms with van der Waals surface area (Å²) in [4.78, 5) is 38.9. The second-order valence-electron chi connectivity index (χ2n) is 8.75. The van der Waals surface area contributed by atoms with E-state index in [0.29, 0.717) is 19.4 Å². The molecule has 0 bridgehead atoms. The number of fused-ring (bicyclic) bond motifs is 1. The van der Waals surface area contributed by atoms with Crippen LogP contribution in [0.2, 0.25) is 0 Å². The van der Waals surface area contributed by atoms with E-state index < -0.39 is 12.1 Å². The molecule has 1 aliphatic heterocycles. The van der Waals surface area contributed by atoms with Gasteiger partial charge in [-0.2, -0.15) is 0 Å². The molecule has 0 saturated heterocycles. The lowest BCUT2D eigenvalue weighted by atomic mass is 9.99. The third-order valence-electron chi connectivity index (χ3n) is 6.39. The third-order valence-corrected chi connectivity index (χ3v) is 6.39. The van der Waals surface area contributed by atoms with E-state index >= 15 is 0 Å². The molecule has 0 saturated carbocycles. The Bertz CT molecular complexity index is 1240. The molecule has 0 fully saturated rings. The topological polar surface area (TPSA) is 87.7 Å². The van der Waals surface area contributed by atoms with Crippen LogP contribution in [-0.4, -0.2) is 31.0 Å². The molecule has 0 radical (unpaired) electrons. The summed E-state index contributed by atoms with van der Waals surface area (Å²) >= 11 is 0. The molecular weight excluding hydrogens is 454 g/mol. The molecule has 0 unspecified atom stereocenters. The lowest BCUT2D eigenvalue weighted by Crippen LogP contribution is -2.47. The molecule has 1 atom stereocenters. The van der Waals surface area contributed by atoms with Gasteiger partial charge in [0.1, 0.15) is 12.6 Å². The molecule has 7 heteroatoms. The Morgan fingerprint density at radius 1 is 1.00 bits per heavy atom. The van der Waals surface area contributed by atoms with Crippen molar-refractivity contribution < 1.29 is 19.1 Å². The molecule has 3 aromatic carbocycles. The quantitative estimate of drug-likeness (QED) is 0.513. The summed E-state index contributed by atoms with van der Waals surface area (Å²) in [6.45, 7) is 2.35. The maximum atomic E-state index is 13.5. The Balaban J connectivity index is 1.57. The summed E-state index contributed by atoms with van der Waals surface area (Å²) < 4.78 is 5.24. The Kier molecular flexibility index (Phi) is 8.00. The lowest BCUT2D eigenvalue weighted by Gasteiger charge is -2.26. The Morgan fingerprint density at radius 2 is 1.72 bits per heavy atom. The number of para-hydroxylation sites is 1. The van der Waals surface area contributed by atoms with Gasteiger partial charge in [0.2, 0.25) is 11.8 Å². The second kappa shape index (κ2) is 11.5. The van der Waals surface area contributed by atoms with Crippen LogP contribution in [0.15, 0.2) is 72.8 Å². The summed E-state index contributed by atoms with van der Waals surface area (Å²) in [5.41, 5.74) is 5.83. The van der Waals surface area contributed by atoms with Crippen molar-refractivity contribution in [3.05, 3.63) is 89.5 Å². The van der Waals surface area contributed by atoms with E-state index in [0.717, 1.165) is 39.9 Å². The molecule has 2 N–H and O–H groups in total. The maximum Gasteiger partial charge on any atom is 0.407 e. The number of nitrogens with zero attached hydrogens (tertiary/aromatic N) is 1. The smallest absolute Gasteiger partial charge is 0.407 e. The van der Waals surface area contributed by atoms with Crippen LogP contribution in [-0.2, 0) is 33.9 Å². The normalized spacial score (nSPS) is 15.0. The minimum Gasteiger partial charge on any atom is -0.445 e. The second-order valence-corrected chi connectivity index (χ2v) is 8.75. The van der Waals surface area contributed by atoms with Crippen molar-refractivity contribution in [2.24, 2.45) is 0 Å². The van der Waals surface area contributed by atoms with E-state index in [-0.39, 0.29) is 18.4 Å². The van der Waals surface area contributed by atoms with Crippen LogP contribution < -0.4 is 15.5 Å². The highest BCUT2D eigenvalue weighted by atomic mass is 16.5. The summed E-state index contributed by atoms with van der Waals surface area (Å²) in [5.74, 6) is -0.217. The molecule has 4 rings (SSSR count). The van der Waals surface area contributed by atoms with Gasteiger partial charge in [-0.15, -0.1) is 0 Å². The first-order chi connectivity index (χ1) is 17.5. The van der Waals surface area contributed by atoms with Crippen molar-refractivity contribution >= 4 is 23.6 Å². The standard InChI is InChI=1S/C29H31N3O4/c1-3-27(33)31-25-17-16-22-8-5-7-11-26(22)32(28(25)34)18-20-12-14-21(15-13-20)24-10-6-4-9-23(24)19-36-29(35)30-2/h4-15,25H,3,16-19H2,1-2H3,(H,30,35)(H,31,33)/t25-/m1/s1. The van der Waals surface area contributed by atoms with Crippen LogP contribution in [0.25, 0.3) is 11.1 Å². The summed E-state index contributed by atoms with van der Waals surface area (Å²) in [7, 11) is 1.53. The van der Waals surface area contributed by atoms with Crippen molar-refractivity contribution in [2.75, 3.05) is 11.9 Å². The first kappa shape index (κ1) is 25.0. The first-order valence-electron chi connectivity index (χ1n) is 12.2. The summed E-state index contributed by atoms with van der Waals surface area (Å²) in [6.07, 6.45) is 1.16. The summed E-state index contributed by atoms with van der Waals surface area (Å²) in [6, 6.07) is 23.2. The van der Waals surface area contributed by atoms with Crippen molar-refractivity contribution in [1.29, 1.82) is 0 Å². The van der Waals surface area contributed by atoms with E-state index in [1.807, 2.05) is 72.8 Å². The minimum atomic E-state index is -0.545. The highest BCUT2D eigenvalue weighted by Crippen LogP contribution is 2.30. The molecule has 3 aromatic rings. The average Bonchev–Trinajstić information content (AvgIpc) is 3.04. The Labute approximate surface area is 211 Å². The van der Waals surface area contributed by atoms with Crippen LogP contribution in [0, 0.1) is 0 Å². The van der Waals surface area contributed by atoms with Crippen LogP contribution in [0.5, 0.6) is 0 Å². The fourth-order valence-corrected chi connectivity index (χ4v) is 4.42. The zero-order valence-corrected chi connectivity index (χ0v) is 20.6. The average molecular weight is 486 g/mol. The molecule has 3 amide bonds. The largest absolute Gasteiger partial charge is 0.445 e. The molecular formula is C29H31N3O4. The third kappa shape index (κ3) is 5.74. The highest BCUT2D eigenvalue weighted by molar-refractivity contribution is 6.00. The number of aryl methyl sites for hydroxylation is 1. The van der Waals surface area contributed by atoms with Crippen LogP contribution in [0.3, 0.4) is 0 Å². The van der Waals surface area contributed by atoms with E-state index in [2.05, 4.69) is 10.6 Å². The van der Waals surface area contributed by atoms with Crippen molar-refractivity contribution in [3.63, 3.8) is 0 Å². The van der Waals surface area contributed by atoms with Gasteiger partial charge in [0.25, 0.3) is 0 Å². The number of amides is 3. The van der Waals surface area contributed by atoms with Crippen molar-refractivity contribution in [1.82, 2.24) is 10.6 Å². The van der Waals surface area contributed by atoms with Gasteiger partial charge in [-0.3, -0.25) is 9.59 Å². The zero-order chi connectivity index (χ0) is 25.5. The molecule has 1 heterocycles. The van der Waals surface area contributed by atoms with Gasteiger partial charge in [0, 0.05) is 19.2 Å². The van der Waals surface area contributed by atoms with Crippen LogP contribution in [0.1, 0.15) is 36.5 Å². The van der Waals surface area contributed by atoms with Gasteiger partial charge in [-0.05, 0) is 46.7 Å². The summed E-state index contributed by atoms with van der Waals surface area (Å²) in [5, 5.41) is 5.36. The number of nitrogens with one attached hydrogen (secondary N) is 2. The molecule has 0 aliphatic carbocycles. The zero-order valence-electron chi connectivity index (χ0n) is 20.6. The Morgan fingerprint density at radius 3 is 2.47 bits per heavy atom. The van der Waals surface area contributed by atoms with E-state index in [1.54, 1.807) is 11.8 Å². The van der Waals surface area contributed by atoms with Crippen molar-refractivity contribution in [3.8, 4) is 11.1 Å². The fraction of sp³-hybridized carbons (Fsp3) is 0.276. The fourth-order valence-electron chi connectivity index (χ4n) is 4.42. The van der Waals surface area contributed by atoms with E-state index in [1.165, 1.54) is 7.05 Å². The number of carbonyl (C=O) groups is 3. The number of anilines is 1. The Hall–Kier alpha value is -4.13. The first-order valence-corrected chi connectivity index (χ1v) is 12.2. The van der Waals surface area contributed by atoms with Crippen LogP contribution >= 0.6 is 0 Å². The van der Waals surface area contributed by atoms with Gasteiger partial charge >= 0.3 is 6.09 Å². The van der Waals surface area contributed by atoms with Gasteiger partial charge in [0.05, 0.1) is 6.54 Å². The van der Waals surface area contributed by atoms with E-state index in [9.17, 15) is 14.4 Å². The number of benzene rings is 3. The van der Waals surface area contributed by atoms with Gasteiger partial charge < -0.3 is 20.3 Å². The number of rotatable bonds is 7. The van der Waals surface area contributed by atoms with Gasteiger partial charge in [-0.25, -0.2) is 4.79 Å². The lowest BCUT2D eigenvalue weighted by molar-refractivity contribution is -0.127. The van der Waals surface area contributed by atoms with Gasteiger partial charge in [0.15, 0.2) is 0 Å². The molecule has 7 nitrogen and oxygen atoms in total. The predicted molar refractivity (Wildman–Crippen MR) is 139 cm³/mol.